The summed E-state index contributed by atoms with van der Waals surface area (Å²) in [5.74, 6) is -1.67. The minimum Gasteiger partial charge on any atom is -0.506 e. The van der Waals surface area contributed by atoms with Crippen molar-refractivity contribution in [1.82, 2.24) is 5.32 Å². The molecule has 24 heavy (non-hydrogen) atoms. The number of ketones is 2. The Morgan fingerprint density at radius 3 is 2.58 bits per heavy atom. The predicted octanol–water partition coefficient (Wildman–Crippen LogP) is 1.29. The Kier molecular flexibility index (Phi) is 4.24. The molecule has 0 saturated carbocycles. The van der Waals surface area contributed by atoms with Gasteiger partial charge in [-0.05, 0) is 25.3 Å². The van der Waals surface area contributed by atoms with Crippen molar-refractivity contribution in [2.75, 3.05) is 19.8 Å². The smallest absolute Gasteiger partial charge is 0.259 e. The fourth-order valence-electron chi connectivity index (χ4n) is 3.43. The summed E-state index contributed by atoms with van der Waals surface area (Å²) in [6.45, 7) is 2.00. The largest absolute Gasteiger partial charge is 0.506 e. The van der Waals surface area contributed by atoms with Crippen LogP contribution in [0.5, 0.6) is 0 Å². The quantitative estimate of drug-likeness (QED) is 0.815. The van der Waals surface area contributed by atoms with Crippen LogP contribution in [0.25, 0.3) is 5.76 Å². The van der Waals surface area contributed by atoms with Crippen LogP contribution in [0.4, 0.5) is 0 Å². The minimum absolute atomic E-state index is 0.180. The molecule has 1 heterocycles. The van der Waals surface area contributed by atoms with Gasteiger partial charge in [-0.15, -0.1) is 0 Å². The molecule has 1 saturated heterocycles. The lowest BCUT2D eigenvalue weighted by Gasteiger charge is -2.40. The van der Waals surface area contributed by atoms with Crippen LogP contribution in [-0.2, 0) is 24.5 Å². The van der Waals surface area contributed by atoms with E-state index in [0.717, 1.165) is 5.56 Å². The first kappa shape index (κ1) is 16.4. The maximum absolute atomic E-state index is 13.1. The number of amides is 1. The third-order valence-electron chi connectivity index (χ3n) is 4.67. The maximum atomic E-state index is 13.1. The lowest BCUT2D eigenvalue weighted by molar-refractivity contribution is -0.129. The van der Waals surface area contributed by atoms with Gasteiger partial charge < -0.3 is 15.2 Å². The highest BCUT2D eigenvalue weighted by Gasteiger charge is 2.49. The lowest BCUT2D eigenvalue weighted by Crippen LogP contribution is -2.48. The number of Topliss-reactive ketones (excluding diaryl/α,β-unsaturated/α-hetero) is 2. The summed E-state index contributed by atoms with van der Waals surface area (Å²) in [5, 5.41) is 12.9. The number of hydrogen-bond donors (Lipinski definition) is 2. The summed E-state index contributed by atoms with van der Waals surface area (Å²) >= 11 is 0. The number of hydrogen-bond acceptors (Lipinski definition) is 5. The van der Waals surface area contributed by atoms with E-state index in [1.54, 1.807) is 12.1 Å². The number of nitrogens with one attached hydrogen (secondary N) is 1. The molecular formula is C18H19NO5. The summed E-state index contributed by atoms with van der Waals surface area (Å²) in [6, 6.07) is 7.09. The Balaban J connectivity index is 2.10. The van der Waals surface area contributed by atoms with E-state index >= 15 is 0 Å². The van der Waals surface area contributed by atoms with Crippen LogP contribution in [-0.4, -0.2) is 42.3 Å². The van der Waals surface area contributed by atoms with Gasteiger partial charge in [0.25, 0.3) is 5.91 Å². The van der Waals surface area contributed by atoms with Gasteiger partial charge in [-0.2, -0.15) is 0 Å². The first-order chi connectivity index (χ1) is 11.5. The molecule has 1 aromatic rings. The molecule has 6 heteroatoms. The van der Waals surface area contributed by atoms with E-state index in [2.05, 4.69) is 5.32 Å². The van der Waals surface area contributed by atoms with Gasteiger partial charge in [0.1, 0.15) is 17.1 Å². The lowest BCUT2D eigenvalue weighted by atomic mass is 9.64. The third-order valence-corrected chi connectivity index (χ3v) is 4.67. The molecule has 126 valence electrons. The van der Waals surface area contributed by atoms with E-state index in [9.17, 15) is 19.5 Å². The fourth-order valence-corrected chi connectivity index (χ4v) is 3.43. The average molecular weight is 329 g/mol. The molecule has 2 N–H and O–H groups in total. The van der Waals surface area contributed by atoms with E-state index in [1.807, 2.05) is 12.1 Å². The summed E-state index contributed by atoms with van der Waals surface area (Å²) < 4.78 is 5.39. The number of fused-ring (bicyclic) bond motifs is 2. The normalized spacial score (nSPS) is 19.1. The summed E-state index contributed by atoms with van der Waals surface area (Å²) in [5.41, 5.74) is 0.104. The van der Waals surface area contributed by atoms with Gasteiger partial charge in [-0.1, -0.05) is 24.3 Å². The Hall–Kier alpha value is -2.47. The molecule has 0 aromatic heterocycles. The molecule has 1 amide bonds. The van der Waals surface area contributed by atoms with E-state index in [4.69, 9.17) is 4.74 Å². The minimum atomic E-state index is -0.857. The highest BCUT2D eigenvalue weighted by atomic mass is 16.5. The monoisotopic (exact) mass is 329 g/mol. The van der Waals surface area contributed by atoms with Gasteiger partial charge >= 0.3 is 0 Å². The molecular weight excluding hydrogens is 310 g/mol. The van der Waals surface area contributed by atoms with Crippen molar-refractivity contribution in [2.45, 2.75) is 25.2 Å². The van der Waals surface area contributed by atoms with Crippen molar-refractivity contribution in [1.29, 1.82) is 0 Å². The van der Waals surface area contributed by atoms with Gasteiger partial charge in [-0.3, -0.25) is 14.4 Å². The Bertz CT molecular complexity index is 744. The molecule has 0 radical (unpaired) electrons. The van der Waals surface area contributed by atoms with Gasteiger partial charge in [0.2, 0.25) is 0 Å². The van der Waals surface area contributed by atoms with Crippen LogP contribution < -0.4 is 5.32 Å². The van der Waals surface area contributed by atoms with Crippen molar-refractivity contribution in [3.05, 3.63) is 41.0 Å². The summed E-state index contributed by atoms with van der Waals surface area (Å²) in [7, 11) is 0. The molecule has 1 aliphatic carbocycles. The summed E-state index contributed by atoms with van der Waals surface area (Å²) in [4.78, 5) is 36.7. The van der Waals surface area contributed by atoms with Crippen LogP contribution >= 0.6 is 0 Å². The molecule has 0 unspecified atom stereocenters. The number of carbonyl (C=O) groups excluding carboxylic acids is 3. The molecule has 0 bridgehead atoms. The fraction of sp³-hybridized carbons (Fsp3) is 0.389. The van der Waals surface area contributed by atoms with Crippen molar-refractivity contribution in [3.8, 4) is 0 Å². The predicted molar refractivity (Wildman–Crippen MR) is 86.4 cm³/mol. The first-order valence-corrected chi connectivity index (χ1v) is 7.90. The average Bonchev–Trinajstić information content (AvgIpc) is 2.59. The van der Waals surface area contributed by atoms with Crippen LogP contribution in [0.3, 0.4) is 0 Å². The third kappa shape index (κ3) is 2.53. The second kappa shape index (κ2) is 6.20. The van der Waals surface area contributed by atoms with E-state index in [-0.39, 0.29) is 23.7 Å². The number of ether oxygens (including phenoxy) is 1. The van der Waals surface area contributed by atoms with Crippen molar-refractivity contribution in [2.24, 2.45) is 0 Å². The van der Waals surface area contributed by atoms with Crippen LogP contribution in [0.1, 0.15) is 30.9 Å². The Morgan fingerprint density at radius 2 is 1.92 bits per heavy atom. The van der Waals surface area contributed by atoms with Gasteiger partial charge in [0, 0.05) is 18.8 Å². The number of rotatable bonds is 3. The molecule has 1 aliphatic heterocycles. The van der Waals surface area contributed by atoms with Crippen molar-refractivity contribution < 1.29 is 24.2 Å². The van der Waals surface area contributed by atoms with Gasteiger partial charge in [-0.25, -0.2) is 0 Å². The van der Waals surface area contributed by atoms with Crippen LogP contribution in [0.15, 0.2) is 29.8 Å². The molecule has 2 aliphatic rings. The number of benzene rings is 1. The first-order valence-electron chi connectivity index (χ1n) is 7.90. The zero-order valence-electron chi connectivity index (χ0n) is 13.4. The van der Waals surface area contributed by atoms with E-state index in [1.165, 1.54) is 6.92 Å². The molecule has 3 rings (SSSR count). The topological polar surface area (TPSA) is 92.7 Å². The zero-order chi connectivity index (χ0) is 17.3. The van der Waals surface area contributed by atoms with E-state index in [0.29, 0.717) is 31.6 Å². The van der Waals surface area contributed by atoms with Gasteiger partial charge in [0.05, 0.1) is 12.0 Å². The number of aliphatic hydroxyl groups excluding tert-OH is 1. The van der Waals surface area contributed by atoms with Gasteiger partial charge in [0.15, 0.2) is 5.78 Å². The van der Waals surface area contributed by atoms with E-state index < -0.39 is 17.1 Å². The Morgan fingerprint density at radius 1 is 1.25 bits per heavy atom. The molecule has 0 atom stereocenters. The van der Waals surface area contributed by atoms with Crippen LogP contribution in [0, 0.1) is 0 Å². The highest BCUT2D eigenvalue weighted by molar-refractivity contribution is 6.28. The standard InChI is InChI=1S/C18H19NO5/c1-11(20)10-19-17(23)14-15(21)12-4-2-3-5-13(12)18(16(14)22)6-8-24-9-7-18/h2-5,21H,6-10H2,1H3,(H,19,23). The molecule has 6 nitrogen and oxygen atoms in total. The molecule has 1 fully saturated rings. The highest BCUT2D eigenvalue weighted by Crippen LogP contribution is 2.45. The van der Waals surface area contributed by atoms with Crippen molar-refractivity contribution >= 4 is 23.2 Å². The molecule has 1 spiro atoms. The SMILES string of the molecule is CC(=O)CNC(=O)C1=C(O)c2ccccc2C2(CCOCC2)C1=O. The second-order valence-corrected chi connectivity index (χ2v) is 6.18. The zero-order valence-corrected chi connectivity index (χ0v) is 13.4. The van der Waals surface area contributed by atoms with Crippen molar-refractivity contribution in [3.63, 3.8) is 0 Å². The van der Waals surface area contributed by atoms with Crippen LogP contribution in [0.2, 0.25) is 0 Å². The Labute approximate surface area is 139 Å². The number of carbonyl (C=O) groups is 3. The number of aliphatic hydroxyl groups is 1. The maximum Gasteiger partial charge on any atom is 0.259 e. The molecule has 1 aromatic carbocycles. The summed E-state index contributed by atoms with van der Waals surface area (Å²) in [6.07, 6.45) is 0.916. The second-order valence-electron chi connectivity index (χ2n) is 6.18.